The van der Waals surface area contributed by atoms with E-state index in [1.165, 1.54) is 36.4 Å². The van der Waals surface area contributed by atoms with Crippen LogP contribution >= 0.6 is 11.3 Å². The van der Waals surface area contributed by atoms with Gasteiger partial charge < -0.3 is 4.98 Å². The Hall–Kier alpha value is -3.88. The molecule has 0 bridgehead atoms. The van der Waals surface area contributed by atoms with Crippen molar-refractivity contribution in [2.45, 2.75) is 19.4 Å². The van der Waals surface area contributed by atoms with Crippen molar-refractivity contribution in [3.05, 3.63) is 71.9 Å². The Kier molecular flexibility index (Phi) is 4.92. The smallest absolute Gasteiger partial charge is 0.161 e. The Balaban J connectivity index is 1.28. The van der Waals surface area contributed by atoms with Crippen LogP contribution in [-0.4, -0.2) is 48.1 Å². The first kappa shape index (κ1) is 20.5. The van der Waals surface area contributed by atoms with Gasteiger partial charge in [-0.25, -0.2) is 9.97 Å². The van der Waals surface area contributed by atoms with Crippen LogP contribution in [0.1, 0.15) is 18.4 Å². The summed E-state index contributed by atoms with van der Waals surface area (Å²) in [5.41, 5.74) is 8.55. The fraction of sp³-hybridized carbons (Fsp3) is 0.185. The highest BCUT2D eigenvalue weighted by Crippen LogP contribution is 2.33. The number of aromatic amines is 2. The average Bonchev–Trinajstić information content (AvgIpc) is 3.70. The molecule has 0 saturated carbocycles. The minimum Gasteiger partial charge on any atom is -0.336 e. The number of likely N-dealkylation sites (tertiary alicyclic amines) is 1. The van der Waals surface area contributed by atoms with Gasteiger partial charge in [0.1, 0.15) is 5.52 Å². The molecule has 8 heteroatoms. The van der Waals surface area contributed by atoms with E-state index in [-0.39, 0.29) is 0 Å². The maximum absolute atomic E-state index is 4.99. The van der Waals surface area contributed by atoms with Crippen LogP contribution in [-0.2, 0) is 6.54 Å². The van der Waals surface area contributed by atoms with Crippen LogP contribution in [0.15, 0.2) is 66.3 Å². The molecule has 6 aromatic rings. The van der Waals surface area contributed by atoms with Gasteiger partial charge >= 0.3 is 0 Å². The summed E-state index contributed by atoms with van der Waals surface area (Å²) in [4.78, 5) is 21.6. The summed E-state index contributed by atoms with van der Waals surface area (Å²) in [6.07, 6.45) is 6.41. The minimum absolute atomic E-state index is 0.709. The van der Waals surface area contributed by atoms with Crippen molar-refractivity contribution in [1.82, 2.24) is 35.0 Å². The van der Waals surface area contributed by atoms with Crippen LogP contribution in [0.4, 0.5) is 0 Å². The zero-order chi connectivity index (χ0) is 23.2. The van der Waals surface area contributed by atoms with E-state index in [2.05, 4.69) is 60.8 Å². The van der Waals surface area contributed by atoms with Gasteiger partial charge in [-0.1, -0.05) is 18.2 Å². The molecule has 0 atom stereocenters. The fourth-order valence-corrected chi connectivity index (χ4v) is 5.67. The van der Waals surface area contributed by atoms with Crippen molar-refractivity contribution in [3.63, 3.8) is 0 Å². The highest BCUT2D eigenvalue weighted by Gasteiger charge is 2.17. The van der Waals surface area contributed by atoms with Crippen molar-refractivity contribution < 1.29 is 0 Å². The summed E-state index contributed by atoms with van der Waals surface area (Å²) >= 11 is 1.71. The Morgan fingerprint density at radius 3 is 2.74 bits per heavy atom. The normalized spacial score (nSPS) is 14.4. The van der Waals surface area contributed by atoms with Gasteiger partial charge in [0.15, 0.2) is 11.5 Å². The number of fused-ring (bicyclic) bond motifs is 2. The lowest BCUT2D eigenvalue weighted by Crippen LogP contribution is -2.18. The second-order valence-corrected chi connectivity index (χ2v) is 9.94. The van der Waals surface area contributed by atoms with Gasteiger partial charge in [-0.05, 0) is 67.2 Å². The Morgan fingerprint density at radius 1 is 0.914 bits per heavy atom. The van der Waals surface area contributed by atoms with Crippen molar-refractivity contribution in [2.24, 2.45) is 0 Å². The summed E-state index contributed by atoms with van der Waals surface area (Å²) in [6, 6.07) is 16.7. The van der Waals surface area contributed by atoms with E-state index in [1.807, 2.05) is 30.6 Å². The molecule has 35 heavy (non-hydrogen) atoms. The summed E-state index contributed by atoms with van der Waals surface area (Å²) in [5, 5.41) is 9.78. The topological polar surface area (TPSA) is 86.4 Å². The lowest BCUT2D eigenvalue weighted by molar-refractivity contribution is 0.331. The number of pyridine rings is 2. The summed E-state index contributed by atoms with van der Waals surface area (Å²) in [6.45, 7) is 3.27. The molecule has 1 aliphatic heterocycles. The molecule has 0 radical (unpaired) electrons. The molecule has 0 amide bonds. The number of H-pyrrole nitrogens is 2. The van der Waals surface area contributed by atoms with Gasteiger partial charge in [-0.2, -0.15) is 5.10 Å². The number of para-hydroxylation sites is 1. The van der Waals surface area contributed by atoms with Crippen molar-refractivity contribution in [1.29, 1.82) is 0 Å². The predicted molar refractivity (Wildman–Crippen MR) is 140 cm³/mol. The van der Waals surface area contributed by atoms with E-state index >= 15 is 0 Å². The number of rotatable bonds is 5. The molecular weight excluding hydrogens is 454 g/mol. The first-order chi connectivity index (χ1) is 17.3. The number of benzene rings is 1. The number of thiophene rings is 1. The molecule has 2 N–H and O–H groups in total. The van der Waals surface area contributed by atoms with Crippen molar-refractivity contribution in [2.75, 3.05) is 13.1 Å². The van der Waals surface area contributed by atoms with Crippen LogP contribution in [0.3, 0.4) is 0 Å². The van der Waals surface area contributed by atoms with Crippen LogP contribution in [0.2, 0.25) is 0 Å². The van der Waals surface area contributed by atoms with Crippen molar-refractivity contribution >= 4 is 33.4 Å². The number of nitrogens with zero attached hydrogens (tertiary/aromatic N) is 5. The SMILES string of the molecule is c1csc(-c2cccc3[nH]c(-c4n[nH]c5ccc(-c6cncc(CN7CCCC7)c6)nc45)nc23)c1. The van der Waals surface area contributed by atoms with Gasteiger partial charge in [0.25, 0.3) is 0 Å². The monoisotopic (exact) mass is 477 g/mol. The molecule has 0 aliphatic carbocycles. The van der Waals surface area contributed by atoms with Gasteiger partial charge in [0.05, 0.1) is 22.2 Å². The first-order valence-corrected chi connectivity index (χ1v) is 12.7. The molecule has 0 spiro atoms. The molecule has 172 valence electrons. The molecule has 0 unspecified atom stereocenters. The lowest BCUT2D eigenvalue weighted by atomic mass is 10.1. The van der Waals surface area contributed by atoms with E-state index in [0.717, 1.165) is 51.1 Å². The fourth-order valence-electron chi connectivity index (χ4n) is 4.91. The zero-order valence-corrected chi connectivity index (χ0v) is 19.8. The largest absolute Gasteiger partial charge is 0.336 e. The highest BCUT2D eigenvalue weighted by molar-refractivity contribution is 7.13. The van der Waals surface area contributed by atoms with Crippen LogP contribution < -0.4 is 0 Å². The molecule has 5 aromatic heterocycles. The van der Waals surface area contributed by atoms with Gasteiger partial charge in [0, 0.05) is 34.9 Å². The number of hydrogen-bond acceptors (Lipinski definition) is 6. The molecular formula is C27H23N7S. The zero-order valence-electron chi connectivity index (χ0n) is 19.0. The average molecular weight is 478 g/mol. The molecule has 7 rings (SSSR count). The van der Waals surface area contributed by atoms with Crippen LogP contribution in [0.5, 0.6) is 0 Å². The van der Waals surface area contributed by atoms with Crippen molar-refractivity contribution in [3.8, 4) is 33.2 Å². The third-order valence-corrected chi connectivity index (χ3v) is 7.53. The Morgan fingerprint density at radius 2 is 1.86 bits per heavy atom. The maximum Gasteiger partial charge on any atom is 0.161 e. The summed E-state index contributed by atoms with van der Waals surface area (Å²) < 4.78 is 0. The third-order valence-electron chi connectivity index (χ3n) is 6.63. The van der Waals surface area contributed by atoms with Gasteiger partial charge in [-0.3, -0.25) is 15.0 Å². The predicted octanol–water partition coefficient (Wildman–Crippen LogP) is 5.89. The van der Waals surface area contributed by atoms with Crippen LogP contribution in [0, 0.1) is 0 Å². The van der Waals surface area contributed by atoms with E-state index in [9.17, 15) is 0 Å². The number of hydrogen-bond donors (Lipinski definition) is 2. The van der Waals surface area contributed by atoms with Crippen LogP contribution in [0.25, 0.3) is 55.3 Å². The Labute approximate surface area is 205 Å². The number of nitrogens with one attached hydrogen (secondary N) is 2. The minimum atomic E-state index is 0.709. The first-order valence-electron chi connectivity index (χ1n) is 11.9. The number of aromatic nitrogens is 6. The molecule has 1 saturated heterocycles. The van der Waals surface area contributed by atoms with E-state index in [4.69, 9.17) is 9.97 Å². The summed E-state index contributed by atoms with van der Waals surface area (Å²) in [5.74, 6) is 0.709. The molecule has 1 aliphatic rings. The third kappa shape index (κ3) is 3.71. The van der Waals surface area contributed by atoms with E-state index in [1.54, 1.807) is 11.3 Å². The second-order valence-electron chi connectivity index (χ2n) is 8.99. The lowest BCUT2D eigenvalue weighted by Gasteiger charge is -2.14. The van der Waals surface area contributed by atoms with Gasteiger partial charge in [0.2, 0.25) is 0 Å². The molecule has 1 fully saturated rings. The summed E-state index contributed by atoms with van der Waals surface area (Å²) in [7, 11) is 0. The van der Waals surface area contributed by atoms with Gasteiger partial charge in [-0.15, -0.1) is 11.3 Å². The van der Waals surface area contributed by atoms with E-state index < -0.39 is 0 Å². The number of imidazole rings is 1. The highest BCUT2D eigenvalue weighted by atomic mass is 32.1. The molecule has 1 aromatic carbocycles. The molecule has 7 nitrogen and oxygen atoms in total. The maximum atomic E-state index is 4.99. The molecule has 6 heterocycles. The Bertz CT molecular complexity index is 1640. The van der Waals surface area contributed by atoms with E-state index in [0.29, 0.717) is 5.82 Å². The second kappa shape index (κ2) is 8.41. The quantitative estimate of drug-likeness (QED) is 0.323. The standard InChI is InChI=1S/C27H23N7S/c1-2-11-34(10-1)16-17-13-18(15-28-14-17)20-8-9-22-25(29-20)26(33-32-22)27-30-21-6-3-5-19(24(21)31-27)23-7-4-12-35-23/h3-9,12-15H,1-2,10-11,16H2,(H,30,31)(H,32,33).